The highest BCUT2D eigenvalue weighted by molar-refractivity contribution is 8.04. The second-order valence-electron chi connectivity index (χ2n) is 3.22. The van der Waals surface area contributed by atoms with Crippen LogP contribution < -0.4 is 10.6 Å². The molecule has 0 radical (unpaired) electrons. The summed E-state index contributed by atoms with van der Waals surface area (Å²) in [6.45, 7) is 5.39. The average Bonchev–Trinajstić information content (AvgIpc) is 2.47. The van der Waals surface area contributed by atoms with Crippen molar-refractivity contribution in [2.45, 2.75) is 20.8 Å². The first-order valence-electron chi connectivity index (χ1n) is 6.17. The summed E-state index contributed by atoms with van der Waals surface area (Å²) in [5.74, 6) is -0.389. The van der Waals surface area contributed by atoms with Gasteiger partial charge >= 0.3 is 0 Å². The highest BCUT2D eigenvalue weighted by Gasteiger charge is 2.10. The van der Waals surface area contributed by atoms with E-state index in [9.17, 15) is 12.8 Å². The van der Waals surface area contributed by atoms with Gasteiger partial charge < -0.3 is 5.11 Å². The molecule has 1 aromatic rings. The number of halogens is 1. The number of anilines is 1. The third kappa shape index (κ3) is 10.5. The molecule has 1 rings (SSSR count). The molecule has 124 valence electrons. The fourth-order valence-electron chi connectivity index (χ4n) is 0.982. The molecule has 0 aliphatic rings. The molecule has 0 aromatic heterocycles. The Morgan fingerprint density at radius 2 is 1.77 bits per heavy atom. The zero-order valence-electron chi connectivity index (χ0n) is 12.5. The first-order chi connectivity index (χ1) is 10.3. The van der Waals surface area contributed by atoms with Crippen LogP contribution in [0.3, 0.4) is 0 Å². The maximum absolute atomic E-state index is 12.6. The van der Waals surface area contributed by atoms with Gasteiger partial charge in [0.15, 0.2) is 5.04 Å². The summed E-state index contributed by atoms with van der Waals surface area (Å²) in [6.07, 6.45) is 2.75. The van der Waals surface area contributed by atoms with Gasteiger partial charge in [0.2, 0.25) is 0 Å². The summed E-state index contributed by atoms with van der Waals surface area (Å²) >= 11 is 0. The van der Waals surface area contributed by atoms with Gasteiger partial charge in [-0.3, -0.25) is 10.2 Å². The lowest BCUT2D eigenvalue weighted by Crippen LogP contribution is -2.22. The molecular weight excluding hydrogens is 313 g/mol. The third-order valence-electron chi connectivity index (χ3n) is 1.74. The van der Waals surface area contributed by atoms with E-state index in [-0.39, 0.29) is 17.3 Å². The summed E-state index contributed by atoms with van der Waals surface area (Å²) in [6, 6.07) is 5.30. The van der Waals surface area contributed by atoms with Crippen LogP contribution in [0.15, 0.2) is 41.5 Å². The summed E-state index contributed by atoms with van der Waals surface area (Å²) in [7, 11) is -3.88. The van der Waals surface area contributed by atoms with Gasteiger partial charge in [0.25, 0.3) is 16.5 Å². The number of nitrogens with one attached hydrogen (secondary N) is 1. The Kier molecular flexibility index (Phi) is 12.5. The fraction of sp³-hybridized carbons (Fsp3) is 0.231. The number of hydrogen-bond donors (Lipinski definition) is 3. The summed E-state index contributed by atoms with van der Waals surface area (Å²) in [4.78, 5) is 8.36. The molecular formula is C13H20FN3O4S. The number of benzene rings is 1. The average molecular weight is 333 g/mol. The minimum absolute atomic E-state index is 0.250. The number of hydrogen-bond acceptors (Lipinski definition) is 5. The van der Waals surface area contributed by atoms with Crippen LogP contribution in [0.1, 0.15) is 20.8 Å². The lowest BCUT2D eigenvalue weighted by molar-refractivity contribution is -0.122. The number of nitrogens with two attached hydrogens (primary N) is 1. The number of nitrogens with zero attached hydrogens (tertiary/aromatic N) is 1. The smallest absolute Gasteiger partial charge is 0.290 e. The van der Waals surface area contributed by atoms with Gasteiger partial charge in [-0.15, -0.1) is 0 Å². The fourth-order valence-corrected chi connectivity index (χ4v) is 1.48. The Labute approximate surface area is 129 Å². The van der Waals surface area contributed by atoms with Gasteiger partial charge in [-0.1, -0.05) is 19.9 Å². The highest BCUT2D eigenvalue weighted by atomic mass is 32.2. The van der Waals surface area contributed by atoms with E-state index in [2.05, 4.69) is 10.5 Å². The first kappa shape index (κ1) is 22.0. The Morgan fingerprint density at radius 1 is 1.32 bits per heavy atom. The van der Waals surface area contributed by atoms with Crippen LogP contribution >= 0.6 is 0 Å². The van der Waals surface area contributed by atoms with E-state index in [1.54, 1.807) is 6.92 Å². The molecule has 0 spiro atoms. The van der Waals surface area contributed by atoms with E-state index < -0.39 is 10.0 Å². The summed E-state index contributed by atoms with van der Waals surface area (Å²) in [5.41, 5.74) is 2.93. The number of allylic oxidation sites excluding steroid dienone is 1. The Bertz CT molecular complexity index is 584. The Hall–Kier alpha value is -2.26. The van der Waals surface area contributed by atoms with E-state index in [1.807, 2.05) is 13.8 Å². The van der Waals surface area contributed by atoms with E-state index in [1.165, 1.54) is 36.4 Å². The molecule has 0 unspecified atom stereocenters. The zero-order valence-corrected chi connectivity index (χ0v) is 13.3. The van der Waals surface area contributed by atoms with Crippen molar-refractivity contribution in [2.75, 3.05) is 5.43 Å². The number of carbonyl (C=O) groups is 1. The third-order valence-corrected chi connectivity index (χ3v) is 2.55. The molecule has 0 fully saturated rings. The van der Waals surface area contributed by atoms with Gasteiger partial charge in [-0.05, 0) is 37.3 Å². The maximum atomic E-state index is 12.6. The second-order valence-corrected chi connectivity index (χ2v) is 4.73. The van der Waals surface area contributed by atoms with Crippen LogP contribution in [0.5, 0.6) is 0 Å². The van der Waals surface area contributed by atoms with Crippen molar-refractivity contribution in [1.29, 1.82) is 0 Å². The monoisotopic (exact) mass is 333 g/mol. The van der Waals surface area contributed by atoms with E-state index in [0.29, 0.717) is 5.69 Å². The largest absolute Gasteiger partial charge is 0.483 e. The number of rotatable bonds is 3. The van der Waals surface area contributed by atoms with Crippen LogP contribution in [-0.4, -0.2) is 25.0 Å². The second kappa shape index (κ2) is 12.5. The normalized spacial score (nSPS) is 10.9. The van der Waals surface area contributed by atoms with E-state index in [0.717, 1.165) is 0 Å². The van der Waals surface area contributed by atoms with Crippen LogP contribution in [0.25, 0.3) is 0 Å². The van der Waals surface area contributed by atoms with E-state index >= 15 is 0 Å². The Balaban J connectivity index is 0. The van der Waals surface area contributed by atoms with Crippen molar-refractivity contribution in [3.8, 4) is 0 Å². The van der Waals surface area contributed by atoms with Crippen molar-refractivity contribution < 1.29 is 22.7 Å². The molecule has 0 bridgehead atoms. The van der Waals surface area contributed by atoms with Gasteiger partial charge in [-0.25, -0.2) is 17.9 Å². The quantitative estimate of drug-likeness (QED) is 0.338. The van der Waals surface area contributed by atoms with Crippen molar-refractivity contribution in [1.82, 2.24) is 0 Å². The lowest BCUT2D eigenvalue weighted by Gasteiger charge is -2.02. The SMILES string of the molecule is C/C=C/C(=N\Nc1ccc(F)cc1)S(N)(=O)=O.CC.O=CO. The molecule has 0 atom stereocenters. The standard InChI is InChI=1S/C10H12FN3O2S.C2H6.CH2O2/c1-2-3-10(17(12,15)16)14-13-9-6-4-8(11)5-7-9;1-2;2-1-3/h2-7,13H,1H3,(H2,12,15,16);1-2H3;1H,(H,2,3)/b3-2+,14-10+;;. The molecule has 0 amide bonds. The molecule has 0 heterocycles. The molecule has 0 saturated heterocycles. The molecule has 7 nitrogen and oxygen atoms in total. The molecule has 0 aliphatic heterocycles. The number of sulfonamides is 1. The van der Waals surface area contributed by atoms with E-state index in [4.69, 9.17) is 15.0 Å². The predicted molar refractivity (Wildman–Crippen MR) is 85.4 cm³/mol. The minimum atomic E-state index is -3.88. The van der Waals surface area contributed by atoms with Crippen molar-refractivity contribution >= 4 is 27.2 Å². The first-order valence-corrected chi connectivity index (χ1v) is 7.72. The zero-order chi connectivity index (χ0) is 17.6. The topological polar surface area (TPSA) is 122 Å². The molecule has 0 saturated carbocycles. The highest BCUT2D eigenvalue weighted by Crippen LogP contribution is 2.08. The number of primary sulfonamides is 1. The van der Waals surface area contributed by atoms with Crippen LogP contribution in [0.4, 0.5) is 10.1 Å². The van der Waals surface area contributed by atoms with Gasteiger partial charge in [0.05, 0.1) is 5.69 Å². The van der Waals surface area contributed by atoms with Crippen molar-refractivity contribution in [3.05, 3.63) is 42.2 Å². The number of hydrazone groups is 1. The van der Waals surface area contributed by atoms with Gasteiger partial charge in [0.1, 0.15) is 5.82 Å². The lowest BCUT2D eigenvalue weighted by atomic mass is 10.3. The Morgan fingerprint density at radius 3 is 2.14 bits per heavy atom. The van der Waals surface area contributed by atoms with Crippen LogP contribution in [-0.2, 0) is 14.8 Å². The summed E-state index contributed by atoms with van der Waals surface area (Å²) < 4.78 is 34.8. The summed E-state index contributed by atoms with van der Waals surface area (Å²) in [5, 5.41) is 15.2. The van der Waals surface area contributed by atoms with Gasteiger partial charge in [-0.2, -0.15) is 5.10 Å². The molecule has 22 heavy (non-hydrogen) atoms. The maximum Gasteiger partial charge on any atom is 0.290 e. The molecule has 0 aliphatic carbocycles. The van der Waals surface area contributed by atoms with Gasteiger partial charge in [0, 0.05) is 0 Å². The van der Waals surface area contributed by atoms with Crippen molar-refractivity contribution in [2.24, 2.45) is 10.2 Å². The molecule has 1 aromatic carbocycles. The van der Waals surface area contributed by atoms with Crippen molar-refractivity contribution in [3.63, 3.8) is 0 Å². The molecule has 9 heteroatoms. The van der Waals surface area contributed by atoms with Crippen LogP contribution in [0, 0.1) is 5.82 Å². The minimum Gasteiger partial charge on any atom is -0.483 e. The molecule has 4 N–H and O–H groups in total. The number of carboxylic acid groups (broad SMARTS) is 1. The van der Waals surface area contributed by atoms with Crippen LogP contribution in [0.2, 0.25) is 0 Å². The predicted octanol–water partition coefficient (Wildman–Crippen LogP) is 2.14.